The Balaban J connectivity index is 0.00000400. The molecule has 1 N–H and O–H groups in total. The van der Waals surface area contributed by atoms with E-state index in [4.69, 9.17) is 0 Å². The van der Waals surface area contributed by atoms with Crippen LogP contribution in [0, 0.1) is 0 Å². The van der Waals surface area contributed by atoms with E-state index in [9.17, 15) is 9.90 Å². The van der Waals surface area contributed by atoms with E-state index in [1.54, 1.807) is 23.5 Å². The number of nitrogens with zero attached hydrogens (tertiary/aromatic N) is 5. The van der Waals surface area contributed by atoms with Gasteiger partial charge in [-0.2, -0.15) is 4.98 Å². The molecule has 0 bridgehead atoms. The largest absolute Gasteiger partial charge is 1.00 e. The number of rotatable bonds is 6. The van der Waals surface area contributed by atoms with E-state index in [1.807, 2.05) is 35.2 Å². The Hall–Kier alpha value is -1.44. The normalized spacial score (nSPS) is 13.0. The molecule has 120 valence electrons. The molecule has 0 aromatic carbocycles. The Kier molecular flexibility index (Phi) is 7.56. The molecule has 1 aromatic heterocycles. The lowest BCUT2D eigenvalue weighted by molar-refractivity contribution is -0.873. The number of aromatic nitrogens is 2. The van der Waals surface area contributed by atoms with Gasteiger partial charge in [-0.05, 0) is 6.07 Å². The third-order valence-electron chi connectivity index (χ3n) is 2.45. The number of halogens is 1. The van der Waals surface area contributed by atoms with Crippen molar-refractivity contribution in [3.05, 3.63) is 22.7 Å². The Morgan fingerprint density at radius 2 is 2.10 bits per heavy atom. The third-order valence-corrected chi connectivity index (χ3v) is 2.45. The molecule has 1 aromatic rings. The Morgan fingerprint density at radius 3 is 2.57 bits per heavy atom. The van der Waals surface area contributed by atoms with Crippen molar-refractivity contribution in [2.75, 3.05) is 41.8 Å². The zero-order chi connectivity index (χ0) is 15.3. The van der Waals surface area contributed by atoms with Gasteiger partial charge in [0.15, 0.2) is 5.82 Å². The highest BCUT2D eigenvalue weighted by molar-refractivity contribution is 5.58. The Labute approximate surface area is 131 Å². The number of aliphatic hydroxyl groups is 1. The molecule has 21 heavy (non-hydrogen) atoms. The smallest absolute Gasteiger partial charge is 0.349 e. The fraction of sp³-hybridized carbons (Fsp3) is 0.615. The highest BCUT2D eigenvalue weighted by Crippen LogP contribution is 2.03. The second-order valence-electron chi connectivity index (χ2n) is 6.06. The molecule has 0 amide bonds. The van der Waals surface area contributed by atoms with E-state index >= 15 is 0 Å². The lowest BCUT2D eigenvalue weighted by Crippen LogP contribution is -3.00. The van der Waals surface area contributed by atoms with E-state index in [2.05, 4.69) is 9.98 Å². The van der Waals surface area contributed by atoms with Crippen molar-refractivity contribution in [2.45, 2.75) is 12.6 Å². The molecule has 1 heterocycles. The van der Waals surface area contributed by atoms with E-state index in [0.29, 0.717) is 16.8 Å². The summed E-state index contributed by atoms with van der Waals surface area (Å²) in [6.45, 7) is 0.798. The molecule has 0 saturated carbocycles. The molecule has 1 unspecified atom stereocenters. The number of likely N-dealkylation sites (N-methyl/N-ethyl adjacent to an activating group) is 1. The summed E-state index contributed by atoms with van der Waals surface area (Å²) in [5.74, 6) is 0.362. The van der Waals surface area contributed by atoms with Crippen LogP contribution in [0.5, 0.6) is 0 Å². The van der Waals surface area contributed by atoms with Crippen molar-refractivity contribution in [3.8, 4) is 0 Å². The minimum absolute atomic E-state index is 0. The molecule has 0 radical (unpaired) electrons. The standard InChI is InChI=1S/C13H24N5O2.ClH/c1-16(2)10-14-12-6-7-17(13(20)15-12)8-11(19)9-18(3,4)5;/h6-7,10-11,19H,8-9H2,1-5H3;1H/q+1;/p-1. The van der Waals surface area contributed by atoms with E-state index < -0.39 is 11.8 Å². The molecule has 0 saturated heterocycles. The zero-order valence-electron chi connectivity index (χ0n) is 13.2. The average Bonchev–Trinajstić information content (AvgIpc) is 2.27. The van der Waals surface area contributed by atoms with Crippen LogP contribution in [-0.2, 0) is 6.54 Å². The predicted molar refractivity (Wildman–Crippen MR) is 79.2 cm³/mol. The molecular weight excluding hydrogens is 294 g/mol. The van der Waals surface area contributed by atoms with Crippen molar-refractivity contribution in [1.82, 2.24) is 14.5 Å². The van der Waals surface area contributed by atoms with Crippen LogP contribution >= 0.6 is 0 Å². The van der Waals surface area contributed by atoms with Crippen LogP contribution in [0.1, 0.15) is 0 Å². The van der Waals surface area contributed by atoms with Gasteiger partial charge in [0.1, 0.15) is 12.6 Å². The Bertz CT molecular complexity index is 522. The minimum Gasteiger partial charge on any atom is -1.00 e. The number of quaternary nitrogens is 1. The zero-order valence-corrected chi connectivity index (χ0v) is 13.9. The maximum atomic E-state index is 11.8. The fourth-order valence-corrected chi connectivity index (χ4v) is 1.72. The highest BCUT2D eigenvalue weighted by atomic mass is 35.5. The van der Waals surface area contributed by atoms with Crippen LogP contribution in [0.3, 0.4) is 0 Å². The van der Waals surface area contributed by atoms with E-state index in [1.165, 1.54) is 4.57 Å². The first kappa shape index (κ1) is 19.6. The fourth-order valence-electron chi connectivity index (χ4n) is 1.72. The van der Waals surface area contributed by atoms with Crippen LogP contribution in [0.25, 0.3) is 0 Å². The van der Waals surface area contributed by atoms with Crippen LogP contribution in [0.15, 0.2) is 22.1 Å². The molecule has 0 aliphatic rings. The van der Waals surface area contributed by atoms with Gasteiger partial charge in [-0.3, -0.25) is 4.57 Å². The number of hydrogen-bond acceptors (Lipinski definition) is 4. The first-order valence-corrected chi connectivity index (χ1v) is 6.44. The van der Waals surface area contributed by atoms with Crippen molar-refractivity contribution in [3.63, 3.8) is 0 Å². The van der Waals surface area contributed by atoms with Crippen molar-refractivity contribution < 1.29 is 22.0 Å². The maximum Gasteiger partial charge on any atom is 0.349 e. The summed E-state index contributed by atoms with van der Waals surface area (Å²) in [6, 6.07) is 1.65. The van der Waals surface area contributed by atoms with E-state index in [-0.39, 0.29) is 19.0 Å². The average molecular weight is 318 g/mol. The van der Waals surface area contributed by atoms with Crippen LogP contribution < -0.4 is 18.1 Å². The second-order valence-corrected chi connectivity index (χ2v) is 6.06. The van der Waals surface area contributed by atoms with Gasteiger partial charge < -0.3 is 26.9 Å². The third kappa shape index (κ3) is 7.79. The topological polar surface area (TPSA) is 70.7 Å². The van der Waals surface area contributed by atoms with Crippen LogP contribution in [0.4, 0.5) is 5.82 Å². The molecule has 0 spiro atoms. The minimum atomic E-state index is -0.592. The van der Waals surface area contributed by atoms with Gasteiger partial charge in [0, 0.05) is 20.3 Å². The summed E-state index contributed by atoms with van der Waals surface area (Å²) in [4.78, 5) is 21.5. The summed E-state index contributed by atoms with van der Waals surface area (Å²) in [7, 11) is 9.65. The van der Waals surface area contributed by atoms with Gasteiger partial charge in [0.05, 0.1) is 34.0 Å². The predicted octanol–water partition coefficient (Wildman–Crippen LogP) is -3.46. The maximum absolute atomic E-state index is 11.8. The monoisotopic (exact) mass is 317 g/mol. The molecule has 0 aliphatic heterocycles. The lowest BCUT2D eigenvalue weighted by atomic mass is 10.3. The van der Waals surface area contributed by atoms with Crippen LogP contribution in [0.2, 0.25) is 0 Å². The highest BCUT2D eigenvalue weighted by Gasteiger charge is 2.16. The van der Waals surface area contributed by atoms with Gasteiger partial charge in [0.2, 0.25) is 0 Å². The lowest BCUT2D eigenvalue weighted by Gasteiger charge is -2.26. The number of aliphatic hydroxyl groups excluding tert-OH is 1. The number of hydrogen-bond donors (Lipinski definition) is 1. The van der Waals surface area contributed by atoms with Crippen molar-refractivity contribution in [1.29, 1.82) is 0 Å². The van der Waals surface area contributed by atoms with Gasteiger partial charge in [-0.25, -0.2) is 9.79 Å². The second kappa shape index (κ2) is 8.11. The summed E-state index contributed by atoms with van der Waals surface area (Å²) in [5.41, 5.74) is -0.404. The first-order chi connectivity index (χ1) is 9.17. The molecule has 7 nitrogen and oxygen atoms in total. The molecule has 8 heteroatoms. The van der Waals surface area contributed by atoms with Crippen LogP contribution in [-0.4, -0.2) is 78.3 Å². The number of aliphatic imine (C=N–C) groups is 1. The quantitative estimate of drug-likeness (QED) is 0.336. The molecular formula is C13H24ClN5O2. The summed E-state index contributed by atoms with van der Waals surface area (Å²) < 4.78 is 2.03. The van der Waals surface area contributed by atoms with E-state index in [0.717, 1.165) is 0 Å². The summed E-state index contributed by atoms with van der Waals surface area (Å²) in [5, 5.41) is 9.97. The Morgan fingerprint density at radius 1 is 1.48 bits per heavy atom. The SMILES string of the molecule is CN(C)C=Nc1ccn(CC(O)C[N+](C)(C)C)c(=O)n1.[Cl-]. The first-order valence-electron chi connectivity index (χ1n) is 6.44. The molecule has 0 fully saturated rings. The van der Waals surface area contributed by atoms with Crippen molar-refractivity contribution >= 4 is 12.2 Å². The van der Waals surface area contributed by atoms with Gasteiger partial charge in [-0.15, -0.1) is 0 Å². The molecule has 1 atom stereocenters. The summed E-state index contributed by atoms with van der Waals surface area (Å²) >= 11 is 0. The van der Waals surface area contributed by atoms with Gasteiger partial charge in [0.25, 0.3) is 0 Å². The summed E-state index contributed by atoms with van der Waals surface area (Å²) in [6.07, 6.45) is 2.60. The van der Waals surface area contributed by atoms with Gasteiger partial charge >= 0.3 is 5.69 Å². The van der Waals surface area contributed by atoms with Gasteiger partial charge in [-0.1, -0.05) is 0 Å². The molecule has 0 aliphatic carbocycles. The molecule has 1 rings (SSSR count). The van der Waals surface area contributed by atoms with Crippen molar-refractivity contribution in [2.24, 2.45) is 4.99 Å².